The number of rotatable bonds is 6. The number of hydrogen-bond acceptors (Lipinski definition) is 7. The van der Waals surface area contributed by atoms with Gasteiger partial charge < -0.3 is 15.2 Å². The molecular formula is C17H17N5O4. The smallest absolute Gasteiger partial charge is 0.270 e. The first-order chi connectivity index (χ1) is 12.5. The number of aromatic nitrogens is 3. The van der Waals surface area contributed by atoms with Crippen molar-refractivity contribution >= 4 is 5.69 Å². The van der Waals surface area contributed by atoms with E-state index in [-0.39, 0.29) is 5.69 Å². The lowest BCUT2D eigenvalue weighted by atomic mass is 10.1. The number of ether oxygens (including phenoxy) is 2. The minimum Gasteiger partial charge on any atom is -0.493 e. The van der Waals surface area contributed by atoms with Crippen LogP contribution in [0.3, 0.4) is 0 Å². The summed E-state index contributed by atoms with van der Waals surface area (Å²) in [5.41, 5.74) is 7.52. The number of aromatic amines is 1. The molecule has 0 fully saturated rings. The molecule has 3 rings (SSSR count). The van der Waals surface area contributed by atoms with Gasteiger partial charge in [-0.05, 0) is 17.7 Å². The Morgan fingerprint density at radius 2 is 1.92 bits per heavy atom. The molecule has 0 bridgehead atoms. The minimum absolute atomic E-state index is 0.0296. The molecule has 0 radical (unpaired) electrons. The first kappa shape index (κ1) is 17.4. The van der Waals surface area contributed by atoms with Crippen LogP contribution in [0.5, 0.6) is 11.5 Å². The number of hydrogen-bond donors (Lipinski definition) is 2. The summed E-state index contributed by atoms with van der Waals surface area (Å²) >= 11 is 0. The molecular weight excluding hydrogens is 338 g/mol. The van der Waals surface area contributed by atoms with E-state index in [1.165, 1.54) is 12.1 Å². The van der Waals surface area contributed by atoms with Crippen LogP contribution in [0.15, 0.2) is 42.5 Å². The Balaban J connectivity index is 1.90. The molecule has 0 saturated carbocycles. The lowest BCUT2D eigenvalue weighted by Gasteiger charge is -2.13. The zero-order chi connectivity index (χ0) is 18.7. The van der Waals surface area contributed by atoms with Crippen molar-refractivity contribution < 1.29 is 14.4 Å². The van der Waals surface area contributed by atoms with Crippen LogP contribution in [0, 0.1) is 10.1 Å². The van der Waals surface area contributed by atoms with Gasteiger partial charge in [0.2, 0.25) is 0 Å². The molecule has 1 atom stereocenters. The van der Waals surface area contributed by atoms with E-state index in [0.29, 0.717) is 28.7 Å². The lowest BCUT2D eigenvalue weighted by Crippen LogP contribution is -2.14. The molecule has 1 heterocycles. The van der Waals surface area contributed by atoms with Crippen molar-refractivity contribution in [2.24, 2.45) is 5.73 Å². The molecule has 1 aromatic heterocycles. The molecule has 0 amide bonds. The van der Waals surface area contributed by atoms with E-state index >= 15 is 0 Å². The maximum absolute atomic E-state index is 10.9. The number of methoxy groups -OCH3 is 2. The van der Waals surface area contributed by atoms with E-state index in [4.69, 9.17) is 15.2 Å². The van der Waals surface area contributed by atoms with E-state index in [9.17, 15) is 10.1 Å². The monoisotopic (exact) mass is 355 g/mol. The molecule has 3 N–H and O–H groups in total. The molecule has 134 valence electrons. The fraction of sp³-hybridized carbons (Fsp3) is 0.176. The van der Waals surface area contributed by atoms with Gasteiger partial charge in [0.25, 0.3) is 5.69 Å². The summed E-state index contributed by atoms with van der Waals surface area (Å²) in [7, 11) is 3.10. The molecule has 0 aliphatic heterocycles. The summed E-state index contributed by atoms with van der Waals surface area (Å²) in [6.45, 7) is 0. The number of nitro benzene ring substituents is 1. The fourth-order valence-electron chi connectivity index (χ4n) is 2.51. The topological polar surface area (TPSA) is 129 Å². The molecule has 0 aliphatic rings. The van der Waals surface area contributed by atoms with E-state index in [1.54, 1.807) is 38.5 Å². The molecule has 0 saturated heterocycles. The molecule has 0 aliphatic carbocycles. The highest BCUT2D eigenvalue weighted by Gasteiger charge is 2.18. The molecule has 3 aromatic rings. The van der Waals surface area contributed by atoms with Crippen molar-refractivity contribution in [2.45, 2.75) is 6.04 Å². The Morgan fingerprint density at radius 3 is 2.62 bits per heavy atom. The summed E-state index contributed by atoms with van der Waals surface area (Å²) in [5.74, 6) is 1.91. The molecule has 9 heteroatoms. The van der Waals surface area contributed by atoms with Gasteiger partial charge in [-0.15, -0.1) is 0 Å². The van der Waals surface area contributed by atoms with Gasteiger partial charge >= 0.3 is 0 Å². The maximum Gasteiger partial charge on any atom is 0.270 e. The number of nitrogens with two attached hydrogens (primary N) is 1. The van der Waals surface area contributed by atoms with Crippen LogP contribution in [-0.2, 0) is 0 Å². The first-order valence-electron chi connectivity index (χ1n) is 7.68. The third kappa shape index (κ3) is 3.33. The number of H-pyrrole nitrogens is 1. The average Bonchev–Trinajstić information content (AvgIpc) is 3.17. The van der Waals surface area contributed by atoms with Crippen molar-refractivity contribution in [3.63, 3.8) is 0 Å². The molecule has 2 aromatic carbocycles. The van der Waals surface area contributed by atoms with Gasteiger partial charge in [0.1, 0.15) is 5.82 Å². The van der Waals surface area contributed by atoms with Crippen molar-refractivity contribution in [1.29, 1.82) is 0 Å². The van der Waals surface area contributed by atoms with Gasteiger partial charge in [0.05, 0.1) is 25.2 Å². The van der Waals surface area contributed by atoms with Gasteiger partial charge in [-0.25, -0.2) is 4.98 Å². The summed E-state index contributed by atoms with van der Waals surface area (Å²) in [6.07, 6.45) is 0. The van der Waals surface area contributed by atoms with E-state index < -0.39 is 11.0 Å². The highest BCUT2D eigenvalue weighted by atomic mass is 16.6. The van der Waals surface area contributed by atoms with Crippen LogP contribution in [0.2, 0.25) is 0 Å². The Hall–Kier alpha value is -3.46. The predicted octanol–water partition coefficient (Wildman–Crippen LogP) is 2.45. The second-order valence-electron chi connectivity index (χ2n) is 5.44. The largest absolute Gasteiger partial charge is 0.493 e. The predicted molar refractivity (Wildman–Crippen MR) is 94.0 cm³/mol. The first-order valence-corrected chi connectivity index (χ1v) is 7.68. The van der Waals surface area contributed by atoms with Crippen molar-refractivity contribution in [2.75, 3.05) is 14.2 Å². The molecule has 0 unspecified atom stereocenters. The van der Waals surface area contributed by atoms with Crippen LogP contribution in [0.4, 0.5) is 5.69 Å². The molecule has 9 nitrogen and oxygen atoms in total. The van der Waals surface area contributed by atoms with E-state index in [2.05, 4.69) is 15.2 Å². The number of nitrogens with zero attached hydrogens (tertiary/aromatic N) is 3. The molecule has 26 heavy (non-hydrogen) atoms. The number of benzene rings is 2. The maximum atomic E-state index is 10.9. The lowest BCUT2D eigenvalue weighted by molar-refractivity contribution is -0.384. The van der Waals surface area contributed by atoms with Crippen molar-refractivity contribution in [3.05, 3.63) is 64.0 Å². The van der Waals surface area contributed by atoms with Gasteiger partial charge in [-0.2, -0.15) is 5.10 Å². The molecule has 0 spiro atoms. The number of nitro groups is 1. The summed E-state index contributed by atoms with van der Waals surface area (Å²) in [6, 6.07) is 10.8. The van der Waals surface area contributed by atoms with Crippen LogP contribution < -0.4 is 15.2 Å². The quantitative estimate of drug-likeness (QED) is 0.513. The SMILES string of the molecule is COc1ccc([C@@H](N)c2nc(-c3cccc([N+](=O)[O-])c3)n[nH]2)cc1OC. The zero-order valence-corrected chi connectivity index (χ0v) is 14.2. The Morgan fingerprint density at radius 1 is 1.15 bits per heavy atom. The number of non-ortho nitro benzene ring substituents is 1. The third-order valence-corrected chi connectivity index (χ3v) is 3.88. The Bertz CT molecular complexity index is 940. The summed E-state index contributed by atoms with van der Waals surface area (Å²) in [5, 5.41) is 17.8. The highest BCUT2D eigenvalue weighted by molar-refractivity contribution is 5.59. The zero-order valence-electron chi connectivity index (χ0n) is 14.2. The van der Waals surface area contributed by atoms with Crippen LogP contribution >= 0.6 is 0 Å². The highest BCUT2D eigenvalue weighted by Crippen LogP contribution is 2.31. The standard InChI is InChI=1S/C17H17N5O4/c1-25-13-7-6-10(9-14(13)26-2)15(18)17-19-16(20-21-17)11-4-3-5-12(8-11)22(23)24/h3-9,15H,18H2,1-2H3,(H,19,20,21)/t15-/m1/s1. The third-order valence-electron chi connectivity index (χ3n) is 3.88. The Labute approximate surface area is 148 Å². The van der Waals surface area contributed by atoms with Crippen LogP contribution in [0.25, 0.3) is 11.4 Å². The van der Waals surface area contributed by atoms with Gasteiger partial charge in [0.15, 0.2) is 17.3 Å². The van der Waals surface area contributed by atoms with Gasteiger partial charge in [0, 0.05) is 17.7 Å². The van der Waals surface area contributed by atoms with Crippen molar-refractivity contribution in [1.82, 2.24) is 15.2 Å². The van der Waals surface area contributed by atoms with Crippen molar-refractivity contribution in [3.8, 4) is 22.9 Å². The van der Waals surface area contributed by atoms with E-state index in [1.807, 2.05) is 6.07 Å². The fourth-order valence-corrected chi connectivity index (χ4v) is 2.51. The summed E-state index contributed by atoms with van der Waals surface area (Å²) in [4.78, 5) is 14.8. The van der Waals surface area contributed by atoms with Crippen LogP contribution in [-0.4, -0.2) is 34.3 Å². The van der Waals surface area contributed by atoms with Gasteiger partial charge in [-0.1, -0.05) is 18.2 Å². The van der Waals surface area contributed by atoms with E-state index in [0.717, 1.165) is 5.56 Å². The second kappa shape index (κ2) is 7.19. The average molecular weight is 355 g/mol. The minimum atomic E-state index is -0.574. The van der Waals surface area contributed by atoms with Crippen LogP contribution in [0.1, 0.15) is 17.4 Å². The Kier molecular flexibility index (Phi) is 4.81. The summed E-state index contributed by atoms with van der Waals surface area (Å²) < 4.78 is 10.5. The second-order valence-corrected chi connectivity index (χ2v) is 5.44. The van der Waals surface area contributed by atoms with Gasteiger partial charge in [-0.3, -0.25) is 15.2 Å². The number of nitrogens with one attached hydrogen (secondary N) is 1. The normalized spacial score (nSPS) is 11.8.